The van der Waals surface area contributed by atoms with Crippen molar-refractivity contribution in [2.24, 2.45) is 0 Å². The van der Waals surface area contributed by atoms with Gasteiger partial charge < -0.3 is 45.0 Å². The Morgan fingerprint density at radius 1 is 0.467 bits per heavy atom. The van der Waals surface area contributed by atoms with Crippen LogP contribution in [-0.2, 0) is 51.2 Å². The molecule has 0 fully saturated rings. The van der Waals surface area contributed by atoms with Crippen molar-refractivity contribution in [3.63, 3.8) is 0 Å². The molecule has 0 aromatic carbocycles. The number of hydrogen-bond donors (Lipinski definition) is 0. The van der Waals surface area contributed by atoms with Crippen LogP contribution in [0.4, 0.5) is 14.4 Å². The first-order chi connectivity index (χ1) is 5.20. The van der Waals surface area contributed by atoms with E-state index >= 15 is 0 Å². The smallest absolute Gasteiger partial charge is 0.652 e. The van der Waals surface area contributed by atoms with Gasteiger partial charge in [0.25, 0.3) is 0 Å². The largest absolute Gasteiger partial charge is 2.00 e. The van der Waals surface area contributed by atoms with Crippen LogP contribution in [-0.4, -0.2) is 18.5 Å². The summed E-state index contributed by atoms with van der Waals surface area (Å²) in [5, 5.41) is 50.0. The molecule has 0 spiro atoms. The van der Waals surface area contributed by atoms with E-state index in [1.807, 2.05) is 0 Å². The molecule has 0 N–H and O–H groups in total. The molecule has 0 saturated carbocycles. The van der Waals surface area contributed by atoms with E-state index in [0.29, 0.717) is 0 Å². The van der Waals surface area contributed by atoms with Crippen LogP contribution in [0.15, 0.2) is 0 Å². The number of carboxylic acid groups (broad SMARTS) is 6. The summed E-state index contributed by atoms with van der Waals surface area (Å²) in [6.07, 6.45) is -7.00. The third-order valence-electron chi connectivity index (χ3n) is 0. The summed E-state index contributed by atoms with van der Waals surface area (Å²) < 4.78 is 0. The van der Waals surface area contributed by atoms with Gasteiger partial charge in [-0.1, -0.05) is 0 Å². The van der Waals surface area contributed by atoms with Gasteiger partial charge in [0.15, 0.2) is 0 Å². The van der Waals surface area contributed by atoms with Crippen molar-refractivity contribution >= 4 is 18.5 Å². The van der Waals surface area contributed by atoms with Crippen LogP contribution in [0, 0.1) is 0 Å². The maximum absolute atomic E-state index is 8.33. The first kappa shape index (κ1) is 36.7. The summed E-state index contributed by atoms with van der Waals surface area (Å²) in [7, 11) is 0. The summed E-state index contributed by atoms with van der Waals surface area (Å²) in [5.41, 5.74) is 0. The minimum atomic E-state index is -2.33. The molecular formula is C3Mn3O9. The molecule has 15 heavy (non-hydrogen) atoms. The van der Waals surface area contributed by atoms with Gasteiger partial charge in [-0.25, -0.2) is 0 Å². The topological polar surface area (TPSA) is 190 Å². The predicted molar refractivity (Wildman–Crippen MR) is 16.2 cm³/mol. The van der Waals surface area contributed by atoms with Crippen LogP contribution in [0.3, 0.4) is 0 Å². The van der Waals surface area contributed by atoms with Crippen molar-refractivity contribution in [3.8, 4) is 0 Å². The zero-order valence-electron chi connectivity index (χ0n) is 6.31. The Balaban J connectivity index is -0.0000000184. The van der Waals surface area contributed by atoms with Crippen LogP contribution in [0.5, 0.6) is 0 Å². The first-order valence-corrected chi connectivity index (χ1v) is 1.84. The van der Waals surface area contributed by atoms with Gasteiger partial charge >= 0.3 is 51.2 Å². The molecule has 9 nitrogen and oxygen atoms in total. The van der Waals surface area contributed by atoms with Gasteiger partial charge in [-0.2, -0.15) is 0 Å². The fourth-order valence-corrected chi connectivity index (χ4v) is 0. The summed E-state index contributed by atoms with van der Waals surface area (Å²) in [4.78, 5) is 25.0. The zero-order chi connectivity index (χ0) is 10.7. The van der Waals surface area contributed by atoms with Crippen molar-refractivity contribution in [2.45, 2.75) is 0 Å². The molecule has 0 aliphatic carbocycles. The molecule has 12 heteroatoms. The molecular weight excluding hydrogens is 345 g/mol. The molecule has 0 aliphatic rings. The van der Waals surface area contributed by atoms with Gasteiger partial charge in [0.05, 0.1) is 0 Å². The van der Waals surface area contributed by atoms with Gasteiger partial charge in [-0.05, 0) is 18.5 Å². The number of carbonyl (C=O) groups is 3. The van der Waals surface area contributed by atoms with Crippen molar-refractivity contribution in [2.75, 3.05) is 0 Å². The van der Waals surface area contributed by atoms with E-state index in [0.717, 1.165) is 0 Å². The normalized spacial score (nSPS) is 4.80. The van der Waals surface area contributed by atoms with Gasteiger partial charge in [0, 0.05) is 0 Å². The standard InChI is InChI=1S/3CH2O3.3Mn/c3*2-1(3)4;;;/h3*(H2,2,3,4);;;/q;;;3*+2/p-6. The molecule has 0 rings (SSSR count). The van der Waals surface area contributed by atoms with E-state index < -0.39 is 18.5 Å². The van der Waals surface area contributed by atoms with Crippen LogP contribution in [0.2, 0.25) is 0 Å². The maximum Gasteiger partial charge on any atom is 2.00 e. The fourth-order valence-electron chi connectivity index (χ4n) is 0. The summed E-state index contributed by atoms with van der Waals surface area (Å²) >= 11 is 0. The second-order valence-corrected chi connectivity index (χ2v) is 0.750. The van der Waals surface area contributed by atoms with Crippen molar-refractivity contribution in [3.05, 3.63) is 0 Å². The Hall–Kier alpha value is -0.632. The molecule has 3 radical (unpaired) electrons. The molecule has 0 unspecified atom stereocenters. The molecule has 0 amide bonds. The molecule has 87 valence electrons. The molecule has 0 bridgehead atoms. The van der Waals surface area contributed by atoms with Gasteiger partial charge in [-0.15, -0.1) is 0 Å². The van der Waals surface area contributed by atoms with E-state index in [2.05, 4.69) is 0 Å². The van der Waals surface area contributed by atoms with Crippen LogP contribution in [0.1, 0.15) is 0 Å². The molecule has 0 saturated heterocycles. The third kappa shape index (κ3) is 4330. The maximum atomic E-state index is 8.33. The van der Waals surface area contributed by atoms with E-state index in [1.54, 1.807) is 0 Å². The van der Waals surface area contributed by atoms with E-state index in [-0.39, 0.29) is 51.2 Å². The minimum absolute atomic E-state index is 0. The van der Waals surface area contributed by atoms with Crippen LogP contribution >= 0.6 is 0 Å². The van der Waals surface area contributed by atoms with E-state index in [9.17, 15) is 0 Å². The zero-order valence-corrected chi connectivity index (χ0v) is 9.85. The molecule has 0 aromatic rings. The average Bonchev–Trinajstić information content (AvgIpc) is 1.54. The second kappa shape index (κ2) is 29.2. The van der Waals surface area contributed by atoms with Crippen molar-refractivity contribution in [1.29, 1.82) is 0 Å². The summed E-state index contributed by atoms with van der Waals surface area (Å²) in [6, 6.07) is 0. The predicted octanol–water partition coefficient (Wildman–Crippen LogP) is -7.35. The number of carbonyl (C=O) groups excluding carboxylic acids is 3. The number of rotatable bonds is 0. The molecule has 0 heterocycles. The van der Waals surface area contributed by atoms with Crippen molar-refractivity contribution < 1.29 is 96.2 Å². The fraction of sp³-hybridized carbons (Fsp3) is 0. The van der Waals surface area contributed by atoms with E-state index in [1.165, 1.54) is 0 Å². The quantitative estimate of drug-likeness (QED) is 0.384. The summed E-state index contributed by atoms with van der Waals surface area (Å²) in [5.74, 6) is 0. The molecule has 0 atom stereocenters. The van der Waals surface area contributed by atoms with Crippen molar-refractivity contribution in [1.82, 2.24) is 0 Å². The SMILES string of the molecule is O=C([O-])[O-].O=C([O-])[O-].O=C([O-])[O-].[Mn+2].[Mn+2].[Mn+2]. The Labute approximate surface area is 115 Å². The Morgan fingerprint density at radius 2 is 0.467 bits per heavy atom. The van der Waals surface area contributed by atoms with E-state index in [4.69, 9.17) is 45.0 Å². The first-order valence-electron chi connectivity index (χ1n) is 1.84. The minimum Gasteiger partial charge on any atom is -0.652 e. The third-order valence-corrected chi connectivity index (χ3v) is 0. The second-order valence-electron chi connectivity index (χ2n) is 0.750. The number of hydrogen-bond acceptors (Lipinski definition) is 9. The summed E-state index contributed by atoms with van der Waals surface area (Å²) in [6.45, 7) is 0. The Kier molecular flexibility index (Phi) is 71.4. The van der Waals surface area contributed by atoms with Gasteiger partial charge in [-0.3, -0.25) is 0 Å². The Morgan fingerprint density at radius 3 is 0.467 bits per heavy atom. The molecule has 0 aliphatic heterocycles. The Bertz CT molecular complexity index is 118. The monoisotopic (exact) mass is 345 g/mol. The average molecular weight is 345 g/mol. The van der Waals surface area contributed by atoms with Gasteiger partial charge in [0.1, 0.15) is 0 Å². The van der Waals surface area contributed by atoms with Crippen LogP contribution in [0.25, 0.3) is 0 Å². The molecule has 0 aromatic heterocycles. The van der Waals surface area contributed by atoms with Crippen LogP contribution < -0.4 is 30.6 Å². The van der Waals surface area contributed by atoms with Gasteiger partial charge in [0.2, 0.25) is 0 Å².